The number of hydrogen-bond acceptors (Lipinski definition) is 5. The van der Waals surface area contributed by atoms with E-state index >= 15 is 0 Å². The lowest BCUT2D eigenvalue weighted by molar-refractivity contribution is 0.121. The second-order valence-electron chi connectivity index (χ2n) is 3.95. The van der Waals surface area contributed by atoms with E-state index in [1.165, 1.54) is 0 Å². The number of nitrogens with two attached hydrogens (primary N) is 1. The number of aliphatic hydroxyl groups is 1. The molecule has 0 radical (unpaired) electrons. The van der Waals surface area contributed by atoms with E-state index in [0.717, 1.165) is 0 Å². The summed E-state index contributed by atoms with van der Waals surface area (Å²) in [5.74, 6) is 0. The molecule has 1 unspecified atom stereocenters. The molecule has 0 spiro atoms. The first-order valence-electron chi connectivity index (χ1n) is 5.03. The van der Waals surface area contributed by atoms with Gasteiger partial charge < -0.3 is 35.8 Å². The van der Waals surface area contributed by atoms with Crippen molar-refractivity contribution >= 4 is 20.9 Å². The average molecular weight is 304 g/mol. The molecule has 0 aromatic heterocycles. The van der Waals surface area contributed by atoms with E-state index < -0.39 is 32.7 Å². The molecule has 0 saturated heterocycles. The molecule has 0 bridgehead atoms. The highest BCUT2D eigenvalue weighted by atomic mass is 31.2. The first-order valence-corrected chi connectivity index (χ1v) is 8.26. The third-order valence-electron chi connectivity index (χ3n) is 2.39. The third-order valence-corrected chi connectivity index (χ3v) is 6.19. The molecule has 0 fully saturated rings. The molecular weight excluding hydrogens is 286 g/mol. The minimum Gasteiger partial charge on any atom is -0.367 e. The summed E-state index contributed by atoms with van der Waals surface area (Å²) in [6.45, 7) is 1.74. The van der Waals surface area contributed by atoms with Gasteiger partial charge in [-0.05, 0) is 6.42 Å². The van der Waals surface area contributed by atoms with Crippen LogP contribution in [0.3, 0.4) is 0 Å². The first-order chi connectivity index (χ1) is 7.87. The minimum absolute atomic E-state index is 0.141. The molecule has 0 saturated carbocycles. The molecule has 0 aliphatic heterocycles. The van der Waals surface area contributed by atoms with E-state index in [2.05, 4.69) is 0 Å². The Bertz CT molecular complexity index is 379. The Kier molecular flexibility index (Phi) is 5.86. The van der Waals surface area contributed by atoms with Crippen molar-refractivity contribution in [3.05, 3.63) is 0 Å². The molecule has 0 aromatic carbocycles. The van der Waals surface area contributed by atoms with Crippen molar-refractivity contribution in [2.24, 2.45) is 5.73 Å². The highest BCUT2D eigenvalue weighted by Gasteiger charge is 2.60. The summed E-state index contributed by atoms with van der Waals surface area (Å²) < 4.78 is 22.1. The summed E-state index contributed by atoms with van der Waals surface area (Å²) in [4.78, 5) is 35.5. The molecule has 108 valence electrons. The van der Waals surface area contributed by atoms with Crippen molar-refractivity contribution in [2.45, 2.75) is 37.3 Å². The summed E-state index contributed by atoms with van der Waals surface area (Å²) in [5, 5.41) is 13.5. The maximum atomic E-state index is 11.0. The number of nitrogens with one attached hydrogen (secondary N) is 1. The highest BCUT2D eigenvalue weighted by Crippen LogP contribution is 2.69. The standard InChI is InChI=1S/C7H18N2O7P2/c1-2-3-5(8)6(9)4-7(10,17(11,12)13)18(14,15)16/h6,8,10H,2-4,9H2,1H3,(H2,11,12,13)(H2,14,15,16). The van der Waals surface area contributed by atoms with E-state index in [4.69, 9.17) is 30.7 Å². The predicted octanol–water partition coefficient (Wildman–Crippen LogP) is -0.475. The Labute approximate surface area is 104 Å². The maximum Gasteiger partial charge on any atom is 0.369 e. The largest absolute Gasteiger partial charge is 0.369 e. The summed E-state index contributed by atoms with van der Waals surface area (Å²) in [6, 6.07) is -1.34. The first kappa shape index (κ1) is 17.9. The normalized spacial score (nSPS) is 15.5. The Morgan fingerprint density at radius 1 is 1.28 bits per heavy atom. The summed E-state index contributed by atoms with van der Waals surface area (Å²) >= 11 is 0. The quantitative estimate of drug-likeness (QED) is 0.243. The molecule has 9 nitrogen and oxygen atoms in total. The molecule has 0 aromatic rings. The lowest BCUT2D eigenvalue weighted by Crippen LogP contribution is -2.41. The van der Waals surface area contributed by atoms with Crippen molar-refractivity contribution in [2.75, 3.05) is 0 Å². The van der Waals surface area contributed by atoms with Crippen LogP contribution in [0.4, 0.5) is 0 Å². The minimum atomic E-state index is -5.51. The zero-order chi connectivity index (χ0) is 14.8. The van der Waals surface area contributed by atoms with Crippen LogP contribution in [-0.2, 0) is 9.13 Å². The molecule has 0 rings (SSSR count). The average Bonchev–Trinajstić information content (AvgIpc) is 2.14. The van der Waals surface area contributed by atoms with Gasteiger partial charge in [0.25, 0.3) is 5.08 Å². The van der Waals surface area contributed by atoms with Crippen molar-refractivity contribution in [3.8, 4) is 0 Å². The molecule has 1 atom stereocenters. The summed E-state index contributed by atoms with van der Waals surface area (Å²) in [5.41, 5.74) is 5.27. The molecule has 8 N–H and O–H groups in total. The molecule has 0 amide bonds. The zero-order valence-corrected chi connectivity index (χ0v) is 11.5. The molecule has 0 heterocycles. The van der Waals surface area contributed by atoms with E-state index in [1.807, 2.05) is 0 Å². The van der Waals surface area contributed by atoms with Gasteiger partial charge in [-0.25, -0.2) is 0 Å². The van der Waals surface area contributed by atoms with Crippen LogP contribution in [0.1, 0.15) is 26.2 Å². The smallest absolute Gasteiger partial charge is 0.367 e. The van der Waals surface area contributed by atoms with Crippen LogP contribution in [0.5, 0.6) is 0 Å². The number of rotatable bonds is 7. The van der Waals surface area contributed by atoms with Gasteiger partial charge in [0, 0.05) is 18.2 Å². The summed E-state index contributed by atoms with van der Waals surface area (Å²) in [7, 11) is -11.0. The van der Waals surface area contributed by atoms with Crippen LogP contribution in [0.2, 0.25) is 0 Å². The van der Waals surface area contributed by atoms with Crippen LogP contribution < -0.4 is 5.73 Å². The van der Waals surface area contributed by atoms with Gasteiger partial charge in [-0.15, -0.1) is 0 Å². The molecule has 11 heteroatoms. The lowest BCUT2D eigenvalue weighted by Gasteiger charge is -2.31. The van der Waals surface area contributed by atoms with Gasteiger partial charge in [0.1, 0.15) is 0 Å². The molecular formula is C7H18N2O7P2. The fourth-order valence-corrected chi connectivity index (χ4v) is 3.51. The monoisotopic (exact) mass is 304 g/mol. The van der Waals surface area contributed by atoms with Crippen LogP contribution >= 0.6 is 15.2 Å². The van der Waals surface area contributed by atoms with E-state index in [0.29, 0.717) is 6.42 Å². The molecule has 0 aliphatic carbocycles. The van der Waals surface area contributed by atoms with E-state index in [-0.39, 0.29) is 12.1 Å². The van der Waals surface area contributed by atoms with Gasteiger partial charge in [0.2, 0.25) is 0 Å². The van der Waals surface area contributed by atoms with Crippen LogP contribution in [-0.4, -0.2) is 41.5 Å². The fraction of sp³-hybridized carbons (Fsp3) is 0.857. The van der Waals surface area contributed by atoms with Crippen LogP contribution in [0, 0.1) is 5.41 Å². The van der Waals surface area contributed by atoms with Crippen LogP contribution in [0.15, 0.2) is 0 Å². The van der Waals surface area contributed by atoms with Crippen molar-refractivity contribution in [1.82, 2.24) is 0 Å². The van der Waals surface area contributed by atoms with Crippen molar-refractivity contribution in [1.29, 1.82) is 5.41 Å². The van der Waals surface area contributed by atoms with Crippen LogP contribution in [0.25, 0.3) is 0 Å². The SMILES string of the molecule is CCCC(=N)C(N)CC(O)(P(=O)(O)O)P(=O)(O)O. The van der Waals surface area contributed by atoms with Gasteiger partial charge >= 0.3 is 15.2 Å². The highest BCUT2D eigenvalue weighted by molar-refractivity contribution is 7.72. The maximum absolute atomic E-state index is 11.0. The van der Waals surface area contributed by atoms with Crippen molar-refractivity contribution in [3.63, 3.8) is 0 Å². The number of hydrogen-bond donors (Lipinski definition) is 7. The lowest BCUT2D eigenvalue weighted by atomic mass is 10.1. The topological polar surface area (TPSA) is 185 Å². The van der Waals surface area contributed by atoms with Gasteiger partial charge in [-0.2, -0.15) is 0 Å². The van der Waals surface area contributed by atoms with Gasteiger partial charge in [0.05, 0.1) is 0 Å². The Morgan fingerprint density at radius 3 is 1.94 bits per heavy atom. The Balaban J connectivity index is 5.25. The zero-order valence-electron chi connectivity index (χ0n) is 9.72. The Hall–Kier alpha value is -0.110. The van der Waals surface area contributed by atoms with Gasteiger partial charge in [-0.3, -0.25) is 9.13 Å². The van der Waals surface area contributed by atoms with E-state index in [1.54, 1.807) is 6.92 Å². The summed E-state index contributed by atoms with van der Waals surface area (Å²) in [6.07, 6.45) is -0.337. The van der Waals surface area contributed by atoms with Gasteiger partial charge in [-0.1, -0.05) is 13.3 Å². The molecule has 18 heavy (non-hydrogen) atoms. The Morgan fingerprint density at radius 2 is 1.67 bits per heavy atom. The second kappa shape index (κ2) is 5.90. The second-order valence-corrected chi connectivity index (χ2v) is 7.96. The van der Waals surface area contributed by atoms with Gasteiger partial charge in [0.15, 0.2) is 0 Å². The van der Waals surface area contributed by atoms with Crippen molar-refractivity contribution < 1.29 is 33.8 Å². The third kappa shape index (κ3) is 3.94. The predicted molar refractivity (Wildman–Crippen MR) is 64.3 cm³/mol. The van der Waals surface area contributed by atoms with E-state index in [9.17, 15) is 14.2 Å². The fourth-order valence-electron chi connectivity index (χ4n) is 1.28. The molecule has 0 aliphatic rings.